The Balaban J connectivity index is 2.23. The van der Waals surface area contributed by atoms with Crippen molar-refractivity contribution in [3.05, 3.63) is 58.2 Å². The molecule has 0 saturated carbocycles. The van der Waals surface area contributed by atoms with Gasteiger partial charge in [-0.25, -0.2) is 0 Å². The molecular weight excluding hydrogens is 236 g/mol. The number of carbonyl (C=O) groups is 1. The molecule has 1 aliphatic rings. The second kappa shape index (κ2) is 5.54. The Labute approximate surface area is 114 Å². The van der Waals surface area contributed by atoms with E-state index in [0.29, 0.717) is 6.42 Å². The molecule has 0 N–H and O–H groups in total. The first kappa shape index (κ1) is 13.8. The molecule has 100 valence electrons. The lowest BCUT2D eigenvalue weighted by atomic mass is 9.97. The number of Topliss-reactive ketones (excluding diaryl/α,β-unsaturated/α-hetero) is 1. The third kappa shape index (κ3) is 2.54. The molecule has 0 fully saturated rings. The second-order valence-corrected chi connectivity index (χ2v) is 5.04. The Bertz CT molecular complexity index is 550. The van der Waals surface area contributed by atoms with Gasteiger partial charge in [0.15, 0.2) is 5.78 Å². The molecule has 19 heavy (non-hydrogen) atoms. The average molecular weight is 256 g/mol. The molecule has 0 aromatic heterocycles. The zero-order valence-corrected chi connectivity index (χ0v) is 12.0. The number of allylic oxidation sites excluding steroid dienone is 2. The molecule has 0 heterocycles. The molecule has 1 unspecified atom stereocenters. The van der Waals surface area contributed by atoms with Gasteiger partial charge in [-0.1, -0.05) is 30.3 Å². The van der Waals surface area contributed by atoms with Crippen molar-refractivity contribution in [3.8, 4) is 0 Å². The molecule has 0 saturated heterocycles. The molecule has 1 aromatic rings. The predicted molar refractivity (Wildman–Crippen MR) is 77.3 cm³/mol. The number of rotatable bonds is 4. The smallest absolute Gasteiger partial charge is 0.167 e. The van der Waals surface area contributed by atoms with E-state index in [9.17, 15) is 4.79 Å². The van der Waals surface area contributed by atoms with Crippen molar-refractivity contribution in [2.24, 2.45) is 0 Å². The first-order valence-corrected chi connectivity index (χ1v) is 6.54. The highest BCUT2D eigenvalue weighted by Gasteiger charge is 2.28. The first-order valence-electron chi connectivity index (χ1n) is 6.54. The van der Waals surface area contributed by atoms with Gasteiger partial charge in [-0.15, -0.1) is 0 Å². The van der Waals surface area contributed by atoms with Crippen LogP contribution in [-0.4, -0.2) is 19.0 Å². The van der Waals surface area contributed by atoms with E-state index in [1.165, 1.54) is 16.7 Å². The standard InChI is InChI=1S/C17H20O2/c1-11-12(2)15(17(19-4)13(11)3)10-16(18)14-8-6-5-7-9-14/h5-9,17H,10H2,1-4H3. The van der Waals surface area contributed by atoms with Crippen molar-refractivity contribution >= 4 is 5.78 Å². The number of ether oxygens (including phenoxy) is 1. The van der Waals surface area contributed by atoms with Crippen LogP contribution in [0.25, 0.3) is 0 Å². The van der Waals surface area contributed by atoms with E-state index < -0.39 is 0 Å². The van der Waals surface area contributed by atoms with Crippen LogP contribution in [0.15, 0.2) is 52.6 Å². The Morgan fingerprint density at radius 1 is 1.11 bits per heavy atom. The van der Waals surface area contributed by atoms with Crippen molar-refractivity contribution in [1.82, 2.24) is 0 Å². The number of benzene rings is 1. The topological polar surface area (TPSA) is 26.3 Å². The summed E-state index contributed by atoms with van der Waals surface area (Å²) in [5, 5.41) is 0. The summed E-state index contributed by atoms with van der Waals surface area (Å²) in [6.07, 6.45) is 0.399. The Hall–Kier alpha value is -1.67. The predicted octanol–water partition coefficient (Wildman–Crippen LogP) is 3.94. The monoisotopic (exact) mass is 256 g/mol. The highest BCUT2D eigenvalue weighted by Crippen LogP contribution is 2.35. The highest BCUT2D eigenvalue weighted by atomic mass is 16.5. The van der Waals surface area contributed by atoms with Crippen LogP contribution in [0.3, 0.4) is 0 Å². The van der Waals surface area contributed by atoms with Crippen LogP contribution >= 0.6 is 0 Å². The summed E-state index contributed by atoms with van der Waals surface area (Å²) in [7, 11) is 1.70. The molecule has 0 spiro atoms. The quantitative estimate of drug-likeness (QED) is 0.763. The van der Waals surface area contributed by atoms with E-state index >= 15 is 0 Å². The molecule has 0 aliphatic heterocycles. The number of carbonyl (C=O) groups excluding carboxylic acids is 1. The van der Waals surface area contributed by atoms with Gasteiger partial charge in [0.1, 0.15) is 6.10 Å². The van der Waals surface area contributed by atoms with Crippen LogP contribution in [0.1, 0.15) is 37.6 Å². The fourth-order valence-corrected chi connectivity index (χ4v) is 2.63. The van der Waals surface area contributed by atoms with Crippen molar-refractivity contribution < 1.29 is 9.53 Å². The van der Waals surface area contributed by atoms with Crippen LogP contribution < -0.4 is 0 Å². The van der Waals surface area contributed by atoms with Crippen molar-refractivity contribution in [2.45, 2.75) is 33.3 Å². The Morgan fingerprint density at radius 2 is 1.74 bits per heavy atom. The molecule has 1 aliphatic carbocycles. The lowest BCUT2D eigenvalue weighted by Gasteiger charge is -2.15. The number of methoxy groups -OCH3 is 1. The number of hydrogen-bond acceptors (Lipinski definition) is 2. The normalized spacial score (nSPS) is 19.3. The second-order valence-electron chi connectivity index (χ2n) is 5.04. The largest absolute Gasteiger partial charge is 0.373 e. The molecule has 1 aromatic carbocycles. The van der Waals surface area contributed by atoms with Crippen LogP contribution in [0.2, 0.25) is 0 Å². The summed E-state index contributed by atoms with van der Waals surface area (Å²) in [5.41, 5.74) is 5.54. The van der Waals surface area contributed by atoms with Crippen LogP contribution in [0.4, 0.5) is 0 Å². The first-order chi connectivity index (χ1) is 9.06. The summed E-state index contributed by atoms with van der Waals surface area (Å²) >= 11 is 0. The molecule has 1 atom stereocenters. The van der Waals surface area contributed by atoms with Crippen molar-refractivity contribution in [1.29, 1.82) is 0 Å². The fraction of sp³-hybridized carbons (Fsp3) is 0.353. The van der Waals surface area contributed by atoms with Gasteiger partial charge in [0.2, 0.25) is 0 Å². The van der Waals surface area contributed by atoms with Gasteiger partial charge >= 0.3 is 0 Å². The fourth-order valence-electron chi connectivity index (χ4n) is 2.63. The van der Waals surface area contributed by atoms with Crippen molar-refractivity contribution in [2.75, 3.05) is 7.11 Å². The molecule has 2 nitrogen and oxygen atoms in total. The third-order valence-corrected chi connectivity index (χ3v) is 4.03. The lowest BCUT2D eigenvalue weighted by molar-refractivity contribution is 0.0975. The van der Waals surface area contributed by atoms with Crippen LogP contribution in [0, 0.1) is 0 Å². The molecule has 0 amide bonds. The minimum Gasteiger partial charge on any atom is -0.373 e. The van der Waals surface area contributed by atoms with Crippen LogP contribution in [-0.2, 0) is 4.74 Å². The van der Waals surface area contributed by atoms with E-state index in [1.807, 2.05) is 30.3 Å². The lowest BCUT2D eigenvalue weighted by Crippen LogP contribution is -2.15. The van der Waals surface area contributed by atoms with Gasteiger partial charge in [-0.2, -0.15) is 0 Å². The Kier molecular flexibility index (Phi) is 4.01. The average Bonchev–Trinajstić information content (AvgIpc) is 2.64. The molecular formula is C17H20O2. The maximum absolute atomic E-state index is 12.3. The zero-order chi connectivity index (χ0) is 14.0. The third-order valence-electron chi connectivity index (χ3n) is 4.03. The van der Waals surface area contributed by atoms with E-state index in [0.717, 1.165) is 11.1 Å². The van der Waals surface area contributed by atoms with E-state index in [-0.39, 0.29) is 11.9 Å². The minimum atomic E-state index is -0.0346. The number of hydrogen-bond donors (Lipinski definition) is 0. The number of ketones is 1. The van der Waals surface area contributed by atoms with Gasteiger partial charge in [-0.05, 0) is 43.1 Å². The molecule has 0 radical (unpaired) electrons. The molecule has 2 rings (SSSR count). The summed E-state index contributed by atoms with van der Waals surface area (Å²) in [6.45, 7) is 6.25. The van der Waals surface area contributed by atoms with E-state index in [4.69, 9.17) is 4.74 Å². The molecule has 0 bridgehead atoms. The van der Waals surface area contributed by atoms with E-state index in [2.05, 4.69) is 20.8 Å². The van der Waals surface area contributed by atoms with Gasteiger partial charge in [0.25, 0.3) is 0 Å². The summed E-state index contributed by atoms with van der Waals surface area (Å²) in [6, 6.07) is 9.44. The maximum atomic E-state index is 12.3. The van der Waals surface area contributed by atoms with E-state index in [1.54, 1.807) is 7.11 Å². The minimum absolute atomic E-state index is 0.0346. The highest BCUT2D eigenvalue weighted by molar-refractivity contribution is 5.98. The molecule has 2 heteroatoms. The zero-order valence-electron chi connectivity index (χ0n) is 12.0. The summed E-state index contributed by atoms with van der Waals surface area (Å²) in [4.78, 5) is 12.3. The SMILES string of the molecule is COC1C(C)=C(C)C(C)=C1CC(=O)c1ccccc1. The summed E-state index contributed by atoms with van der Waals surface area (Å²) in [5.74, 6) is 0.152. The summed E-state index contributed by atoms with van der Waals surface area (Å²) < 4.78 is 5.55. The maximum Gasteiger partial charge on any atom is 0.167 e. The van der Waals surface area contributed by atoms with Gasteiger partial charge in [0.05, 0.1) is 0 Å². The van der Waals surface area contributed by atoms with Gasteiger partial charge in [-0.3, -0.25) is 4.79 Å². The van der Waals surface area contributed by atoms with Crippen molar-refractivity contribution in [3.63, 3.8) is 0 Å². The van der Waals surface area contributed by atoms with Gasteiger partial charge in [0, 0.05) is 19.1 Å². The Morgan fingerprint density at radius 3 is 2.32 bits per heavy atom. The van der Waals surface area contributed by atoms with Crippen LogP contribution in [0.5, 0.6) is 0 Å². The van der Waals surface area contributed by atoms with Gasteiger partial charge < -0.3 is 4.74 Å².